The third kappa shape index (κ3) is 5.28. The van der Waals surface area contributed by atoms with Gasteiger partial charge in [-0.1, -0.05) is 36.8 Å². The number of amides is 1. The van der Waals surface area contributed by atoms with Gasteiger partial charge in [0.25, 0.3) is 5.91 Å². The number of nitrogens with zero attached hydrogens (tertiary/aromatic N) is 1. The summed E-state index contributed by atoms with van der Waals surface area (Å²) in [4.78, 5) is 12.9. The fourth-order valence-electron chi connectivity index (χ4n) is 3.78. The van der Waals surface area contributed by atoms with Crippen LogP contribution in [0.5, 0.6) is 0 Å². The molecule has 0 bridgehead atoms. The summed E-state index contributed by atoms with van der Waals surface area (Å²) in [5.41, 5.74) is 3.03. The van der Waals surface area contributed by atoms with Gasteiger partial charge in [0.05, 0.1) is 4.90 Å². The van der Waals surface area contributed by atoms with Crippen LogP contribution in [0.1, 0.15) is 50.3 Å². The van der Waals surface area contributed by atoms with Gasteiger partial charge in [-0.3, -0.25) is 4.79 Å². The van der Waals surface area contributed by atoms with Gasteiger partial charge in [-0.15, -0.1) is 0 Å². The molecule has 162 valence electrons. The Labute approximate surface area is 179 Å². The molecule has 1 heterocycles. The summed E-state index contributed by atoms with van der Waals surface area (Å²) in [6.07, 6.45) is 2.73. The van der Waals surface area contributed by atoms with Gasteiger partial charge in [-0.2, -0.15) is 4.31 Å². The summed E-state index contributed by atoms with van der Waals surface area (Å²) in [5.74, 6) is -0.101. The van der Waals surface area contributed by atoms with Gasteiger partial charge < -0.3 is 10.6 Å². The fourth-order valence-corrected chi connectivity index (χ4v) is 5.29. The van der Waals surface area contributed by atoms with Crippen LogP contribution in [0, 0.1) is 6.92 Å². The number of hydrogen-bond acceptors (Lipinski definition) is 3. The molecule has 0 unspecified atom stereocenters. The van der Waals surface area contributed by atoms with Crippen molar-refractivity contribution in [1.82, 2.24) is 4.31 Å². The first-order valence-electron chi connectivity index (χ1n) is 10.6. The molecule has 0 spiro atoms. The first-order valence-corrected chi connectivity index (χ1v) is 12.1. The average Bonchev–Trinajstić information content (AvgIpc) is 3.29. The lowest BCUT2D eigenvalue weighted by molar-refractivity contribution is -0.713. The standard InChI is InChI=1S/C23H31N3O3S/c1-4-22(19-9-7-17(2)8-10-19)24-18(3)23(27)25-20-11-13-21(14-12-20)30(28,29)26-15-5-6-16-26/h7-14,18,22,24H,4-6,15-16H2,1-3H3,(H,25,27)/p+1/t18-,22-/m1/s1. The number of quaternary nitrogens is 1. The van der Waals surface area contributed by atoms with Gasteiger partial charge in [0.1, 0.15) is 6.04 Å². The van der Waals surface area contributed by atoms with Crippen molar-refractivity contribution in [3.63, 3.8) is 0 Å². The molecule has 0 saturated carbocycles. The van der Waals surface area contributed by atoms with Crippen molar-refractivity contribution in [2.45, 2.75) is 57.0 Å². The van der Waals surface area contributed by atoms with Gasteiger partial charge in [0, 0.05) is 30.8 Å². The molecule has 6 nitrogen and oxygen atoms in total. The maximum atomic E-state index is 12.7. The van der Waals surface area contributed by atoms with Crippen molar-refractivity contribution in [2.75, 3.05) is 18.4 Å². The van der Waals surface area contributed by atoms with Crippen LogP contribution in [-0.4, -0.2) is 37.8 Å². The molecule has 2 atom stereocenters. The molecule has 30 heavy (non-hydrogen) atoms. The van der Waals surface area contributed by atoms with E-state index in [-0.39, 0.29) is 22.9 Å². The first-order chi connectivity index (χ1) is 14.3. The number of benzene rings is 2. The normalized spacial score (nSPS) is 16.9. The molecule has 3 rings (SSSR count). The topological polar surface area (TPSA) is 83.1 Å². The van der Waals surface area contributed by atoms with Crippen LogP contribution in [0.25, 0.3) is 0 Å². The zero-order valence-corrected chi connectivity index (χ0v) is 18.8. The highest BCUT2D eigenvalue weighted by atomic mass is 32.2. The molecule has 0 aliphatic carbocycles. The van der Waals surface area contributed by atoms with E-state index in [4.69, 9.17) is 0 Å². The van der Waals surface area contributed by atoms with Gasteiger partial charge in [-0.05, 0) is 51.0 Å². The summed E-state index contributed by atoms with van der Waals surface area (Å²) in [7, 11) is -3.44. The lowest BCUT2D eigenvalue weighted by atomic mass is 10.0. The predicted octanol–water partition coefficient (Wildman–Crippen LogP) is 2.82. The third-order valence-corrected chi connectivity index (χ3v) is 7.62. The third-order valence-electron chi connectivity index (χ3n) is 5.70. The van der Waals surface area contributed by atoms with Crippen LogP contribution in [0.4, 0.5) is 5.69 Å². The Balaban J connectivity index is 1.61. The minimum Gasteiger partial charge on any atom is -0.330 e. The zero-order valence-electron chi connectivity index (χ0n) is 18.0. The van der Waals surface area contributed by atoms with Crippen LogP contribution in [0.15, 0.2) is 53.4 Å². The van der Waals surface area contributed by atoms with Crippen LogP contribution >= 0.6 is 0 Å². The second-order valence-corrected chi connectivity index (χ2v) is 9.97. The van der Waals surface area contributed by atoms with Crippen LogP contribution in [-0.2, 0) is 14.8 Å². The highest BCUT2D eigenvalue weighted by Gasteiger charge is 2.27. The van der Waals surface area contributed by atoms with Crippen molar-refractivity contribution < 1.29 is 18.5 Å². The predicted molar refractivity (Wildman–Crippen MR) is 119 cm³/mol. The number of carbonyl (C=O) groups excluding carboxylic acids is 1. The van der Waals surface area contributed by atoms with Gasteiger partial charge in [0.2, 0.25) is 10.0 Å². The molecule has 0 aromatic heterocycles. The minimum atomic E-state index is -3.44. The molecule has 1 aliphatic heterocycles. The van der Waals surface area contributed by atoms with Gasteiger partial charge in [0.15, 0.2) is 6.04 Å². The first kappa shape index (κ1) is 22.5. The summed E-state index contributed by atoms with van der Waals surface area (Å²) in [5, 5.41) is 4.98. The van der Waals surface area contributed by atoms with Crippen LogP contribution < -0.4 is 10.6 Å². The Morgan fingerprint density at radius 3 is 2.23 bits per heavy atom. The van der Waals surface area contributed by atoms with E-state index >= 15 is 0 Å². The molecule has 1 fully saturated rings. The molecule has 0 radical (unpaired) electrons. The number of sulfonamides is 1. The Morgan fingerprint density at radius 2 is 1.67 bits per heavy atom. The Bertz CT molecular complexity index is 950. The number of nitrogens with one attached hydrogen (secondary N) is 1. The van der Waals surface area contributed by atoms with E-state index < -0.39 is 10.0 Å². The summed E-state index contributed by atoms with van der Waals surface area (Å²) >= 11 is 0. The number of aryl methyl sites for hydroxylation is 1. The zero-order chi connectivity index (χ0) is 21.7. The van der Waals surface area contributed by atoms with E-state index in [1.165, 1.54) is 15.4 Å². The molecule has 1 amide bonds. The van der Waals surface area contributed by atoms with Crippen molar-refractivity contribution in [2.24, 2.45) is 0 Å². The molecule has 3 N–H and O–H groups in total. The number of carbonyl (C=O) groups is 1. The average molecular weight is 431 g/mol. The van der Waals surface area contributed by atoms with E-state index in [2.05, 4.69) is 48.7 Å². The lowest BCUT2D eigenvalue weighted by Crippen LogP contribution is -2.92. The monoisotopic (exact) mass is 430 g/mol. The van der Waals surface area contributed by atoms with Crippen molar-refractivity contribution in [3.8, 4) is 0 Å². The molecular weight excluding hydrogens is 398 g/mol. The maximum absolute atomic E-state index is 12.7. The number of hydrogen-bond donors (Lipinski definition) is 2. The van der Waals surface area contributed by atoms with Crippen molar-refractivity contribution in [1.29, 1.82) is 0 Å². The summed E-state index contributed by atoms with van der Waals surface area (Å²) < 4.78 is 26.8. The second-order valence-electron chi connectivity index (χ2n) is 8.03. The Kier molecular flexibility index (Phi) is 7.28. The van der Waals surface area contributed by atoms with Crippen molar-refractivity contribution >= 4 is 21.6 Å². The smallest absolute Gasteiger partial charge is 0.282 e. The summed E-state index contributed by atoms with van der Waals surface area (Å²) in [6.45, 7) is 7.22. The molecule has 2 aromatic rings. The van der Waals surface area contributed by atoms with E-state index in [0.717, 1.165) is 19.3 Å². The van der Waals surface area contributed by atoms with E-state index in [0.29, 0.717) is 18.8 Å². The van der Waals surface area contributed by atoms with Gasteiger partial charge in [-0.25, -0.2) is 8.42 Å². The largest absolute Gasteiger partial charge is 0.330 e. The van der Waals surface area contributed by atoms with E-state index in [1.54, 1.807) is 24.3 Å². The molecule has 1 saturated heterocycles. The highest BCUT2D eigenvalue weighted by Crippen LogP contribution is 2.22. The van der Waals surface area contributed by atoms with Crippen LogP contribution in [0.3, 0.4) is 0 Å². The Hall–Kier alpha value is -2.22. The SMILES string of the molecule is CC[C@@H]([NH2+][C@H](C)C(=O)Nc1ccc(S(=O)(=O)N2CCCC2)cc1)c1ccc(C)cc1. The summed E-state index contributed by atoms with van der Waals surface area (Å²) in [6, 6.07) is 14.8. The van der Waals surface area contributed by atoms with E-state index in [1.807, 2.05) is 6.92 Å². The highest BCUT2D eigenvalue weighted by molar-refractivity contribution is 7.89. The fraction of sp³-hybridized carbons (Fsp3) is 0.435. The molecule has 7 heteroatoms. The number of anilines is 1. The lowest BCUT2D eigenvalue weighted by Gasteiger charge is -2.19. The second kappa shape index (κ2) is 9.73. The quantitative estimate of drug-likeness (QED) is 0.676. The molecular formula is C23H32N3O3S+. The number of nitrogens with two attached hydrogens (primary N) is 1. The van der Waals surface area contributed by atoms with Crippen molar-refractivity contribution in [3.05, 3.63) is 59.7 Å². The molecule has 1 aliphatic rings. The minimum absolute atomic E-state index is 0.101. The van der Waals surface area contributed by atoms with Gasteiger partial charge >= 0.3 is 0 Å². The molecule has 2 aromatic carbocycles. The number of rotatable bonds is 8. The Morgan fingerprint density at radius 1 is 1.07 bits per heavy atom. The van der Waals surface area contributed by atoms with Crippen LogP contribution in [0.2, 0.25) is 0 Å². The van der Waals surface area contributed by atoms with E-state index in [9.17, 15) is 13.2 Å². The maximum Gasteiger partial charge on any atom is 0.282 e.